The van der Waals surface area contributed by atoms with E-state index in [1.54, 1.807) is 18.2 Å². The number of amides is 1. The van der Waals surface area contributed by atoms with Gasteiger partial charge in [0.1, 0.15) is 0 Å². The van der Waals surface area contributed by atoms with Gasteiger partial charge in [-0.25, -0.2) is 0 Å². The molecule has 2 rings (SSSR count). The fraction of sp³-hybridized carbons (Fsp3) is 0.316. The normalized spacial score (nSPS) is 10.2. The highest BCUT2D eigenvalue weighted by atomic mass is 16.5. The first-order valence-electron chi connectivity index (χ1n) is 7.87. The van der Waals surface area contributed by atoms with Gasteiger partial charge in [-0.2, -0.15) is 0 Å². The number of carbonyl (C=O) groups is 1. The van der Waals surface area contributed by atoms with Crippen LogP contribution in [-0.4, -0.2) is 19.1 Å². The fourth-order valence-electron chi connectivity index (χ4n) is 2.30. The lowest BCUT2D eigenvalue weighted by Crippen LogP contribution is -2.22. The lowest BCUT2D eigenvalue weighted by Gasteiger charge is -2.12. The fourth-order valence-corrected chi connectivity index (χ4v) is 2.30. The van der Waals surface area contributed by atoms with E-state index < -0.39 is 0 Å². The minimum atomic E-state index is -0.129. The van der Waals surface area contributed by atoms with Gasteiger partial charge in [-0.15, -0.1) is 0 Å². The molecule has 0 spiro atoms. The molecular weight excluding hydrogens is 290 g/mol. The molecule has 2 aromatic carbocycles. The number of aryl methyl sites for hydroxylation is 1. The zero-order valence-electron chi connectivity index (χ0n) is 13.9. The van der Waals surface area contributed by atoms with Gasteiger partial charge < -0.3 is 14.8 Å². The van der Waals surface area contributed by atoms with Crippen molar-refractivity contribution in [3.05, 3.63) is 59.2 Å². The lowest BCUT2D eigenvalue weighted by atomic mass is 10.1. The molecular formula is C19H23NO3. The summed E-state index contributed by atoms with van der Waals surface area (Å²) < 4.78 is 11.1. The van der Waals surface area contributed by atoms with E-state index in [1.807, 2.05) is 39.0 Å². The number of rotatable bonds is 7. The second kappa shape index (κ2) is 8.22. The molecule has 0 saturated heterocycles. The average Bonchev–Trinajstić information content (AvgIpc) is 2.55. The van der Waals surface area contributed by atoms with Crippen LogP contribution in [0.3, 0.4) is 0 Å². The number of nitrogens with one attached hydrogen (secondary N) is 1. The van der Waals surface area contributed by atoms with Crippen LogP contribution in [0.5, 0.6) is 11.5 Å². The zero-order chi connectivity index (χ0) is 16.7. The van der Waals surface area contributed by atoms with Crippen LogP contribution in [0.25, 0.3) is 0 Å². The maximum atomic E-state index is 12.3. The van der Waals surface area contributed by atoms with Gasteiger partial charge in [0.2, 0.25) is 0 Å². The van der Waals surface area contributed by atoms with Crippen LogP contribution in [0.15, 0.2) is 42.5 Å². The lowest BCUT2D eigenvalue weighted by molar-refractivity contribution is 0.0950. The third-order valence-electron chi connectivity index (χ3n) is 3.34. The van der Waals surface area contributed by atoms with Crippen LogP contribution in [0.1, 0.15) is 35.3 Å². The monoisotopic (exact) mass is 313 g/mol. The summed E-state index contributed by atoms with van der Waals surface area (Å²) in [7, 11) is 0. The van der Waals surface area contributed by atoms with Gasteiger partial charge >= 0.3 is 0 Å². The molecule has 0 aliphatic heterocycles. The topological polar surface area (TPSA) is 47.6 Å². The van der Waals surface area contributed by atoms with E-state index in [0.29, 0.717) is 36.8 Å². The van der Waals surface area contributed by atoms with Gasteiger partial charge in [-0.3, -0.25) is 4.79 Å². The SMILES string of the molecule is CCOc1ccc(C(=O)NCc2cccc(C)c2)cc1OCC. The second-order valence-electron chi connectivity index (χ2n) is 5.20. The van der Waals surface area contributed by atoms with E-state index in [-0.39, 0.29) is 5.91 Å². The Balaban J connectivity index is 2.07. The van der Waals surface area contributed by atoms with E-state index in [1.165, 1.54) is 5.56 Å². The highest BCUT2D eigenvalue weighted by Crippen LogP contribution is 2.28. The first-order valence-corrected chi connectivity index (χ1v) is 7.87. The molecule has 0 aliphatic rings. The van der Waals surface area contributed by atoms with E-state index >= 15 is 0 Å². The Morgan fingerprint density at radius 3 is 2.43 bits per heavy atom. The Kier molecular flexibility index (Phi) is 6.03. The van der Waals surface area contributed by atoms with Crippen molar-refractivity contribution in [3.63, 3.8) is 0 Å². The third-order valence-corrected chi connectivity index (χ3v) is 3.34. The summed E-state index contributed by atoms with van der Waals surface area (Å²) in [6.07, 6.45) is 0. The third kappa shape index (κ3) is 4.74. The molecule has 4 nitrogen and oxygen atoms in total. The molecule has 122 valence electrons. The molecule has 4 heteroatoms. The molecule has 0 radical (unpaired) electrons. The standard InChI is InChI=1S/C19H23NO3/c1-4-22-17-10-9-16(12-18(17)23-5-2)19(21)20-13-15-8-6-7-14(3)11-15/h6-12H,4-5,13H2,1-3H3,(H,20,21). The van der Waals surface area contributed by atoms with Crippen LogP contribution in [0, 0.1) is 6.92 Å². The van der Waals surface area contributed by atoms with Crippen LogP contribution in [0.4, 0.5) is 0 Å². The molecule has 0 aliphatic carbocycles. The summed E-state index contributed by atoms with van der Waals surface area (Å²) >= 11 is 0. The summed E-state index contributed by atoms with van der Waals surface area (Å²) in [6.45, 7) is 7.43. The zero-order valence-corrected chi connectivity index (χ0v) is 13.9. The largest absolute Gasteiger partial charge is 0.490 e. The van der Waals surface area contributed by atoms with Gasteiger partial charge in [0.05, 0.1) is 13.2 Å². The predicted molar refractivity (Wildman–Crippen MR) is 91.1 cm³/mol. The van der Waals surface area contributed by atoms with Crippen molar-refractivity contribution < 1.29 is 14.3 Å². The van der Waals surface area contributed by atoms with E-state index in [2.05, 4.69) is 11.4 Å². The molecule has 23 heavy (non-hydrogen) atoms. The molecule has 0 atom stereocenters. The Hall–Kier alpha value is -2.49. The van der Waals surface area contributed by atoms with Crippen molar-refractivity contribution in [2.75, 3.05) is 13.2 Å². The summed E-state index contributed by atoms with van der Waals surface area (Å²) in [5.41, 5.74) is 2.82. The summed E-state index contributed by atoms with van der Waals surface area (Å²) in [4.78, 5) is 12.3. The maximum absolute atomic E-state index is 12.3. The van der Waals surface area contributed by atoms with Crippen LogP contribution < -0.4 is 14.8 Å². The minimum Gasteiger partial charge on any atom is -0.490 e. The van der Waals surface area contributed by atoms with Crippen LogP contribution in [-0.2, 0) is 6.54 Å². The number of hydrogen-bond donors (Lipinski definition) is 1. The number of benzene rings is 2. The summed E-state index contributed by atoms with van der Waals surface area (Å²) in [5, 5.41) is 2.93. The van der Waals surface area contributed by atoms with Gasteiger partial charge in [-0.05, 0) is 44.5 Å². The summed E-state index contributed by atoms with van der Waals surface area (Å²) in [6, 6.07) is 13.3. The van der Waals surface area contributed by atoms with Crippen molar-refractivity contribution in [2.24, 2.45) is 0 Å². The van der Waals surface area contributed by atoms with E-state index in [9.17, 15) is 4.79 Å². The quantitative estimate of drug-likeness (QED) is 0.847. The van der Waals surface area contributed by atoms with Gasteiger partial charge in [0, 0.05) is 12.1 Å². The maximum Gasteiger partial charge on any atom is 0.251 e. The Bertz CT molecular complexity index is 667. The molecule has 1 amide bonds. The van der Waals surface area contributed by atoms with Crippen molar-refractivity contribution in [3.8, 4) is 11.5 Å². The van der Waals surface area contributed by atoms with Gasteiger partial charge in [-0.1, -0.05) is 29.8 Å². The Labute approximate surface area is 137 Å². The molecule has 0 fully saturated rings. The first-order chi connectivity index (χ1) is 11.1. The van der Waals surface area contributed by atoms with E-state index in [4.69, 9.17) is 9.47 Å². The average molecular weight is 313 g/mol. The predicted octanol–water partition coefficient (Wildman–Crippen LogP) is 3.72. The number of ether oxygens (including phenoxy) is 2. The van der Waals surface area contributed by atoms with E-state index in [0.717, 1.165) is 5.56 Å². The first kappa shape index (κ1) is 16.9. The number of hydrogen-bond acceptors (Lipinski definition) is 3. The van der Waals surface area contributed by atoms with Crippen LogP contribution >= 0.6 is 0 Å². The molecule has 0 heterocycles. The van der Waals surface area contributed by atoms with Crippen molar-refractivity contribution in [2.45, 2.75) is 27.3 Å². The second-order valence-corrected chi connectivity index (χ2v) is 5.20. The smallest absolute Gasteiger partial charge is 0.251 e. The molecule has 0 unspecified atom stereocenters. The van der Waals surface area contributed by atoms with Crippen molar-refractivity contribution in [1.82, 2.24) is 5.32 Å². The minimum absolute atomic E-state index is 0.129. The van der Waals surface area contributed by atoms with Crippen molar-refractivity contribution >= 4 is 5.91 Å². The Morgan fingerprint density at radius 2 is 1.74 bits per heavy atom. The van der Waals surface area contributed by atoms with Crippen LogP contribution in [0.2, 0.25) is 0 Å². The number of carbonyl (C=O) groups excluding carboxylic acids is 1. The summed E-state index contributed by atoms with van der Waals surface area (Å²) in [5.74, 6) is 1.12. The molecule has 0 bridgehead atoms. The highest BCUT2D eigenvalue weighted by molar-refractivity contribution is 5.94. The Morgan fingerprint density at radius 1 is 1.00 bits per heavy atom. The van der Waals surface area contributed by atoms with Gasteiger partial charge in [0.15, 0.2) is 11.5 Å². The van der Waals surface area contributed by atoms with Crippen molar-refractivity contribution in [1.29, 1.82) is 0 Å². The molecule has 1 N–H and O–H groups in total. The molecule has 2 aromatic rings. The highest BCUT2D eigenvalue weighted by Gasteiger charge is 2.11. The van der Waals surface area contributed by atoms with Gasteiger partial charge in [0.25, 0.3) is 5.91 Å². The molecule has 0 aromatic heterocycles. The molecule has 0 saturated carbocycles.